The van der Waals surface area contributed by atoms with E-state index in [-0.39, 0.29) is 36.6 Å². The molecule has 5 rings (SSSR count). The first-order valence-corrected chi connectivity index (χ1v) is 10.1. The van der Waals surface area contributed by atoms with Gasteiger partial charge in [0, 0.05) is 17.3 Å². The highest BCUT2D eigenvalue weighted by atomic mass is 16.5. The number of nitrogens with zero attached hydrogens (tertiary/aromatic N) is 1. The Labute approximate surface area is 167 Å². The van der Waals surface area contributed by atoms with E-state index in [4.69, 9.17) is 9.15 Å². The molecule has 1 saturated carbocycles. The number of esters is 1. The maximum Gasteiger partial charge on any atom is 0.312 e. The van der Waals surface area contributed by atoms with Crippen LogP contribution in [0.4, 0.5) is 0 Å². The molecule has 0 unspecified atom stereocenters. The molecule has 0 spiro atoms. The molecule has 2 atom stereocenters. The maximum atomic E-state index is 12.5. The molecule has 0 radical (unpaired) electrons. The first-order valence-electron chi connectivity index (χ1n) is 10.1. The van der Waals surface area contributed by atoms with Crippen molar-refractivity contribution < 1.29 is 23.5 Å². The smallest absolute Gasteiger partial charge is 0.312 e. The summed E-state index contributed by atoms with van der Waals surface area (Å²) in [5, 5.41) is 1.83. The van der Waals surface area contributed by atoms with E-state index in [2.05, 4.69) is 0 Å². The SMILES string of the molecule is O=C(CCN1C(=O)[C@H]2CCCC[C@H]2C1=O)Oc1ccc2oc3ccccc3c2c1. The largest absolute Gasteiger partial charge is 0.456 e. The van der Waals surface area contributed by atoms with Crippen LogP contribution in [0.5, 0.6) is 5.75 Å². The molecule has 6 nitrogen and oxygen atoms in total. The van der Waals surface area contributed by atoms with Gasteiger partial charge >= 0.3 is 5.97 Å². The minimum absolute atomic E-state index is 0.0128. The maximum absolute atomic E-state index is 12.5. The van der Waals surface area contributed by atoms with Crippen LogP contribution in [0.1, 0.15) is 32.1 Å². The van der Waals surface area contributed by atoms with Crippen LogP contribution in [0, 0.1) is 11.8 Å². The first kappa shape index (κ1) is 17.9. The molecule has 0 N–H and O–H groups in total. The van der Waals surface area contributed by atoms with Crippen molar-refractivity contribution in [1.82, 2.24) is 4.90 Å². The Hall–Kier alpha value is -3.15. The summed E-state index contributed by atoms with van der Waals surface area (Å²) in [6.45, 7) is 0.0837. The lowest BCUT2D eigenvalue weighted by Crippen LogP contribution is -2.33. The molecule has 2 amide bonds. The van der Waals surface area contributed by atoms with Gasteiger partial charge in [-0.15, -0.1) is 0 Å². The molecule has 1 aliphatic carbocycles. The third-order valence-corrected chi connectivity index (χ3v) is 6.05. The topological polar surface area (TPSA) is 76.8 Å². The van der Waals surface area contributed by atoms with Crippen molar-refractivity contribution >= 4 is 39.7 Å². The zero-order valence-electron chi connectivity index (χ0n) is 15.9. The Kier molecular flexibility index (Phi) is 4.34. The molecule has 2 fully saturated rings. The molecule has 29 heavy (non-hydrogen) atoms. The van der Waals surface area contributed by atoms with E-state index in [1.54, 1.807) is 18.2 Å². The van der Waals surface area contributed by atoms with Gasteiger partial charge in [0.15, 0.2) is 0 Å². The van der Waals surface area contributed by atoms with Gasteiger partial charge in [-0.05, 0) is 37.1 Å². The van der Waals surface area contributed by atoms with E-state index in [0.29, 0.717) is 5.75 Å². The van der Waals surface area contributed by atoms with Crippen molar-refractivity contribution in [2.24, 2.45) is 11.8 Å². The number of likely N-dealkylation sites (tertiary alicyclic amines) is 1. The zero-order valence-corrected chi connectivity index (χ0v) is 15.9. The Morgan fingerprint density at radius 3 is 2.41 bits per heavy atom. The van der Waals surface area contributed by atoms with Crippen LogP contribution >= 0.6 is 0 Å². The normalized spacial score (nSPS) is 21.7. The molecular weight excluding hydrogens is 370 g/mol. The van der Waals surface area contributed by atoms with Crippen molar-refractivity contribution in [3.05, 3.63) is 42.5 Å². The number of fused-ring (bicyclic) bond motifs is 4. The number of furan rings is 1. The highest BCUT2D eigenvalue weighted by Crippen LogP contribution is 2.38. The number of carbonyl (C=O) groups is 3. The highest BCUT2D eigenvalue weighted by Gasteiger charge is 2.47. The summed E-state index contributed by atoms with van der Waals surface area (Å²) in [5.74, 6) is -0.680. The number of amides is 2. The minimum atomic E-state index is -0.465. The van der Waals surface area contributed by atoms with Crippen LogP contribution in [0.2, 0.25) is 0 Å². The van der Waals surface area contributed by atoms with Gasteiger partial charge < -0.3 is 9.15 Å². The summed E-state index contributed by atoms with van der Waals surface area (Å²) in [7, 11) is 0. The first-order chi connectivity index (χ1) is 14.1. The Balaban J connectivity index is 1.27. The summed E-state index contributed by atoms with van der Waals surface area (Å²) < 4.78 is 11.2. The second kappa shape index (κ2) is 7.03. The molecule has 2 heterocycles. The molecule has 3 aromatic rings. The molecule has 1 aromatic heterocycles. The summed E-state index contributed by atoms with van der Waals surface area (Å²) in [6.07, 6.45) is 3.51. The van der Waals surface area contributed by atoms with Gasteiger partial charge in [0.1, 0.15) is 16.9 Å². The lowest BCUT2D eigenvalue weighted by Gasteiger charge is -2.19. The number of benzene rings is 2. The Morgan fingerprint density at radius 2 is 1.66 bits per heavy atom. The van der Waals surface area contributed by atoms with Gasteiger partial charge in [-0.25, -0.2) is 0 Å². The summed E-state index contributed by atoms with van der Waals surface area (Å²) in [4.78, 5) is 38.6. The standard InChI is InChI=1S/C23H21NO5/c25-21(11-12-24-22(26)16-6-1-2-7-17(16)23(24)27)28-14-9-10-20-18(13-14)15-5-3-4-8-19(15)29-20/h3-5,8-10,13,16-17H,1-2,6-7,11-12H2/t16-,17+. The number of ether oxygens (including phenoxy) is 1. The van der Waals surface area contributed by atoms with Gasteiger partial charge in [-0.2, -0.15) is 0 Å². The van der Waals surface area contributed by atoms with Crippen LogP contribution in [0.15, 0.2) is 46.9 Å². The van der Waals surface area contributed by atoms with E-state index in [9.17, 15) is 14.4 Å². The Bertz CT molecular complexity index is 1110. The number of hydrogen-bond acceptors (Lipinski definition) is 5. The molecule has 2 aromatic carbocycles. The summed E-state index contributed by atoms with van der Waals surface area (Å²) in [5.41, 5.74) is 1.50. The van der Waals surface area contributed by atoms with Crippen LogP contribution in [0.25, 0.3) is 21.9 Å². The van der Waals surface area contributed by atoms with Crippen molar-refractivity contribution in [3.8, 4) is 5.75 Å². The lowest BCUT2D eigenvalue weighted by atomic mass is 9.81. The predicted octanol–water partition coefficient (Wildman–Crippen LogP) is 4.06. The van der Waals surface area contributed by atoms with Crippen LogP contribution in [-0.4, -0.2) is 29.2 Å². The van der Waals surface area contributed by atoms with Crippen molar-refractivity contribution in [2.75, 3.05) is 6.54 Å². The zero-order chi connectivity index (χ0) is 20.0. The molecule has 1 saturated heterocycles. The van der Waals surface area contributed by atoms with E-state index in [1.165, 1.54) is 4.90 Å². The van der Waals surface area contributed by atoms with Gasteiger partial charge in [-0.3, -0.25) is 19.3 Å². The second-order valence-electron chi connectivity index (χ2n) is 7.81. The number of imide groups is 1. The highest BCUT2D eigenvalue weighted by molar-refractivity contribution is 6.06. The van der Waals surface area contributed by atoms with E-state index < -0.39 is 5.97 Å². The van der Waals surface area contributed by atoms with Crippen LogP contribution in [0.3, 0.4) is 0 Å². The molecule has 1 aliphatic heterocycles. The quantitative estimate of drug-likeness (QED) is 0.381. The van der Waals surface area contributed by atoms with Crippen LogP contribution in [-0.2, 0) is 14.4 Å². The fraction of sp³-hybridized carbons (Fsp3) is 0.348. The van der Waals surface area contributed by atoms with Crippen molar-refractivity contribution in [1.29, 1.82) is 0 Å². The van der Waals surface area contributed by atoms with Gasteiger partial charge in [-0.1, -0.05) is 31.0 Å². The van der Waals surface area contributed by atoms with E-state index in [1.807, 2.05) is 24.3 Å². The second-order valence-corrected chi connectivity index (χ2v) is 7.81. The number of para-hydroxylation sites is 1. The minimum Gasteiger partial charge on any atom is -0.456 e. The number of carbonyl (C=O) groups excluding carboxylic acids is 3. The van der Waals surface area contributed by atoms with Crippen LogP contribution < -0.4 is 4.74 Å². The van der Waals surface area contributed by atoms with E-state index in [0.717, 1.165) is 47.6 Å². The molecule has 148 valence electrons. The Morgan fingerprint density at radius 1 is 0.966 bits per heavy atom. The van der Waals surface area contributed by atoms with Crippen molar-refractivity contribution in [3.63, 3.8) is 0 Å². The fourth-order valence-corrected chi connectivity index (χ4v) is 4.61. The third kappa shape index (κ3) is 3.09. The molecule has 2 aliphatic rings. The molecular formula is C23H21NO5. The van der Waals surface area contributed by atoms with E-state index >= 15 is 0 Å². The third-order valence-electron chi connectivity index (χ3n) is 6.05. The van der Waals surface area contributed by atoms with Gasteiger partial charge in [0.25, 0.3) is 0 Å². The molecule has 0 bridgehead atoms. The number of rotatable bonds is 4. The number of hydrogen-bond donors (Lipinski definition) is 0. The van der Waals surface area contributed by atoms with Gasteiger partial charge in [0.2, 0.25) is 11.8 Å². The predicted molar refractivity (Wildman–Crippen MR) is 106 cm³/mol. The average molecular weight is 391 g/mol. The van der Waals surface area contributed by atoms with Crippen molar-refractivity contribution in [2.45, 2.75) is 32.1 Å². The van der Waals surface area contributed by atoms with Gasteiger partial charge in [0.05, 0.1) is 18.3 Å². The summed E-state index contributed by atoms with van der Waals surface area (Å²) >= 11 is 0. The lowest BCUT2D eigenvalue weighted by molar-refractivity contribution is -0.141. The average Bonchev–Trinajstić information content (AvgIpc) is 3.22. The molecule has 6 heteroatoms. The monoisotopic (exact) mass is 391 g/mol. The summed E-state index contributed by atoms with van der Waals surface area (Å²) in [6, 6.07) is 12.9. The fourth-order valence-electron chi connectivity index (χ4n) is 4.61.